The van der Waals surface area contributed by atoms with E-state index in [4.69, 9.17) is 0 Å². The van der Waals surface area contributed by atoms with E-state index in [-0.39, 0.29) is 5.54 Å². The molecule has 0 radical (unpaired) electrons. The van der Waals surface area contributed by atoms with Crippen LogP contribution in [0.4, 0.5) is 4.79 Å². The molecule has 0 bridgehead atoms. The van der Waals surface area contributed by atoms with E-state index >= 15 is 0 Å². The van der Waals surface area contributed by atoms with Gasteiger partial charge in [0, 0.05) is 0 Å². The third kappa shape index (κ3) is 3.34. The van der Waals surface area contributed by atoms with E-state index in [1.807, 2.05) is 43.4 Å². The van der Waals surface area contributed by atoms with E-state index in [0.29, 0.717) is 9.26 Å². The van der Waals surface area contributed by atoms with Gasteiger partial charge in [-0.15, -0.1) is 0 Å². The summed E-state index contributed by atoms with van der Waals surface area (Å²) >= 11 is 2.04. The maximum atomic E-state index is 11.8. The Labute approximate surface area is 118 Å². The van der Waals surface area contributed by atoms with Crippen molar-refractivity contribution in [3.63, 3.8) is 0 Å². The summed E-state index contributed by atoms with van der Waals surface area (Å²) in [6.07, 6.45) is 0.725. The molecular weight excluding hydrogens is 351 g/mol. The molecule has 0 aliphatic heterocycles. The fourth-order valence-electron chi connectivity index (χ4n) is 1.18. The minimum absolute atomic E-state index is 0.217. The van der Waals surface area contributed by atoms with E-state index in [2.05, 4.69) is 20.7 Å². The van der Waals surface area contributed by atoms with E-state index in [1.165, 1.54) is 13.3 Å². The predicted molar refractivity (Wildman–Crippen MR) is 72.9 cm³/mol. The lowest BCUT2D eigenvalue weighted by molar-refractivity contribution is 0.0919. The molecule has 100 valence electrons. The van der Waals surface area contributed by atoms with Crippen molar-refractivity contribution in [1.29, 1.82) is 0 Å². The number of nitrogens with one attached hydrogen (secondary N) is 2. The molecular formula is C10H15IN4O3. The second-order valence-corrected chi connectivity index (χ2v) is 5.52. The lowest BCUT2D eigenvalue weighted by atomic mass is 10.1. The van der Waals surface area contributed by atoms with Crippen LogP contribution in [0.15, 0.2) is 6.20 Å². The third-order valence-electron chi connectivity index (χ3n) is 2.05. The molecule has 1 aromatic rings. The molecule has 1 rings (SSSR count). The first-order valence-corrected chi connectivity index (χ1v) is 6.23. The Bertz CT molecular complexity index is 464. The van der Waals surface area contributed by atoms with Gasteiger partial charge < -0.3 is 4.74 Å². The Kier molecular flexibility index (Phi) is 4.54. The zero-order valence-electron chi connectivity index (χ0n) is 10.6. The number of carbonyl (C=O) groups excluding carboxylic acids is 2. The first kappa shape index (κ1) is 14.7. The Balaban J connectivity index is 2.82. The Morgan fingerprint density at radius 3 is 2.44 bits per heavy atom. The van der Waals surface area contributed by atoms with Crippen molar-refractivity contribution < 1.29 is 14.3 Å². The average Bonchev–Trinajstić information content (AvgIpc) is 2.67. The minimum atomic E-state index is -0.735. The molecule has 1 aromatic heterocycles. The molecule has 0 aliphatic rings. The highest BCUT2D eigenvalue weighted by atomic mass is 127. The SMILES string of the molecule is COC(=O)NNC(=O)c1cnn(C(C)(C)C)c1I. The van der Waals surface area contributed by atoms with Crippen LogP contribution in [0.25, 0.3) is 0 Å². The van der Waals surface area contributed by atoms with Gasteiger partial charge >= 0.3 is 6.09 Å². The molecule has 2 amide bonds. The summed E-state index contributed by atoms with van der Waals surface area (Å²) in [5, 5.41) is 4.16. The minimum Gasteiger partial charge on any atom is -0.452 e. The summed E-state index contributed by atoms with van der Waals surface area (Å²) in [6, 6.07) is 0. The van der Waals surface area contributed by atoms with Crippen LogP contribution < -0.4 is 10.9 Å². The highest BCUT2D eigenvalue weighted by molar-refractivity contribution is 14.1. The van der Waals surface area contributed by atoms with Crippen LogP contribution in [-0.4, -0.2) is 28.9 Å². The number of halogens is 1. The molecule has 7 nitrogen and oxygen atoms in total. The Morgan fingerprint density at radius 1 is 1.39 bits per heavy atom. The van der Waals surface area contributed by atoms with E-state index in [1.54, 1.807) is 4.68 Å². The molecule has 0 fully saturated rings. The maximum absolute atomic E-state index is 11.8. The van der Waals surface area contributed by atoms with Crippen molar-refractivity contribution in [3.8, 4) is 0 Å². The van der Waals surface area contributed by atoms with Crippen molar-refractivity contribution in [2.24, 2.45) is 0 Å². The second kappa shape index (κ2) is 5.55. The van der Waals surface area contributed by atoms with Crippen molar-refractivity contribution in [2.45, 2.75) is 26.3 Å². The van der Waals surface area contributed by atoms with E-state index < -0.39 is 12.0 Å². The van der Waals surface area contributed by atoms with Gasteiger partial charge in [0.2, 0.25) is 0 Å². The lowest BCUT2D eigenvalue weighted by Crippen LogP contribution is -2.41. The van der Waals surface area contributed by atoms with E-state index in [0.717, 1.165) is 0 Å². The highest BCUT2D eigenvalue weighted by Crippen LogP contribution is 2.20. The smallest absolute Gasteiger partial charge is 0.425 e. The Hall–Kier alpha value is -1.32. The number of carbonyl (C=O) groups is 2. The van der Waals surface area contributed by atoms with Crippen molar-refractivity contribution >= 4 is 34.6 Å². The number of ether oxygens (including phenoxy) is 1. The standard InChI is InChI=1S/C10H15IN4O3/c1-10(2,3)15-7(11)6(5-12-15)8(16)13-14-9(17)18-4/h5H,1-4H3,(H,13,16)(H,14,17). The fraction of sp³-hybridized carbons (Fsp3) is 0.500. The van der Waals surface area contributed by atoms with Crippen molar-refractivity contribution in [2.75, 3.05) is 7.11 Å². The number of aromatic nitrogens is 2. The molecule has 0 spiro atoms. The molecule has 1 heterocycles. The molecule has 8 heteroatoms. The monoisotopic (exact) mass is 366 g/mol. The molecule has 0 aromatic carbocycles. The molecule has 0 unspecified atom stereocenters. The molecule has 0 aliphatic carbocycles. The molecule has 18 heavy (non-hydrogen) atoms. The van der Waals surface area contributed by atoms with Gasteiger partial charge in [0.1, 0.15) is 3.70 Å². The van der Waals surface area contributed by atoms with E-state index in [9.17, 15) is 9.59 Å². The van der Waals surface area contributed by atoms with Gasteiger partial charge in [0.05, 0.1) is 24.4 Å². The summed E-state index contributed by atoms with van der Waals surface area (Å²) < 4.78 is 6.77. The zero-order valence-corrected chi connectivity index (χ0v) is 12.7. The molecule has 0 saturated heterocycles. The van der Waals surface area contributed by atoms with Crippen LogP contribution in [-0.2, 0) is 10.3 Å². The van der Waals surface area contributed by atoms with Gasteiger partial charge in [0.15, 0.2) is 0 Å². The average molecular weight is 366 g/mol. The summed E-state index contributed by atoms with van der Waals surface area (Å²) in [5.74, 6) is -0.444. The van der Waals surface area contributed by atoms with Crippen LogP contribution in [0.2, 0.25) is 0 Å². The van der Waals surface area contributed by atoms with Crippen LogP contribution in [0.1, 0.15) is 31.1 Å². The van der Waals surface area contributed by atoms with Crippen LogP contribution in [0.5, 0.6) is 0 Å². The lowest BCUT2D eigenvalue weighted by Gasteiger charge is -2.20. The molecule has 2 N–H and O–H groups in total. The molecule has 0 saturated carbocycles. The quantitative estimate of drug-likeness (QED) is 0.579. The highest BCUT2D eigenvalue weighted by Gasteiger charge is 2.22. The van der Waals surface area contributed by atoms with Gasteiger partial charge in [-0.25, -0.2) is 10.2 Å². The number of hydrogen-bond acceptors (Lipinski definition) is 4. The number of rotatable bonds is 1. The third-order valence-corrected chi connectivity index (χ3v) is 3.09. The first-order chi connectivity index (χ1) is 8.27. The largest absolute Gasteiger partial charge is 0.452 e. The maximum Gasteiger partial charge on any atom is 0.425 e. The second-order valence-electron chi connectivity index (χ2n) is 4.50. The summed E-state index contributed by atoms with van der Waals surface area (Å²) in [5.41, 5.74) is 4.51. The van der Waals surface area contributed by atoms with Gasteiger partial charge in [-0.3, -0.25) is 14.9 Å². The van der Waals surface area contributed by atoms with Crippen molar-refractivity contribution in [3.05, 3.63) is 15.5 Å². The van der Waals surface area contributed by atoms with Gasteiger partial charge in [-0.05, 0) is 43.4 Å². The first-order valence-electron chi connectivity index (χ1n) is 5.15. The number of hydrazine groups is 1. The zero-order chi connectivity index (χ0) is 13.9. The summed E-state index contributed by atoms with van der Waals surface area (Å²) in [6.45, 7) is 5.95. The summed E-state index contributed by atoms with van der Waals surface area (Å²) in [7, 11) is 1.21. The predicted octanol–water partition coefficient (Wildman–Crippen LogP) is 1.24. The number of methoxy groups -OCH3 is 1. The number of amides is 2. The van der Waals surface area contributed by atoms with Gasteiger partial charge in [-0.1, -0.05) is 0 Å². The normalized spacial score (nSPS) is 10.9. The van der Waals surface area contributed by atoms with Gasteiger partial charge in [0.25, 0.3) is 5.91 Å². The van der Waals surface area contributed by atoms with Crippen LogP contribution in [0.3, 0.4) is 0 Å². The Morgan fingerprint density at radius 2 is 2.00 bits per heavy atom. The number of nitrogens with zero attached hydrogens (tertiary/aromatic N) is 2. The van der Waals surface area contributed by atoms with Crippen LogP contribution in [0, 0.1) is 3.70 Å². The van der Waals surface area contributed by atoms with Gasteiger partial charge in [-0.2, -0.15) is 5.10 Å². The van der Waals surface area contributed by atoms with Crippen molar-refractivity contribution in [1.82, 2.24) is 20.6 Å². The fourth-order valence-corrected chi connectivity index (χ4v) is 2.41. The summed E-state index contributed by atoms with van der Waals surface area (Å²) in [4.78, 5) is 22.6. The van der Waals surface area contributed by atoms with Crippen LogP contribution >= 0.6 is 22.6 Å². The topological polar surface area (TPSA) is 85.2 Å². The number of hydrogen-bond donors (Lipinski definition) is 2. The molecule has 0 atom stereocenters.